The molecule has 27 heavy (non-hydrogen) atoms. The summed E-state index contributed by atoms with van der Waals surface area (Å²) in [7, 11) is 1.64. The zero-order valence-electron chi connectivity index (χ0n) is 15.0. The molecule has 8 heteroatoms. The number of benzene rings is 2. The van der Waals surface area contributed by atoms with Crippen LogP contribution in [0.4, 0.5) is 0 Å². The first-order valence-electron chi connectivity index (χ1n) is 8.48. The van der Waals surface area contributed by atoms with E-state index in [4.69, 9.17) is 14.2 Å². The van der Waals surface area contributed by atoms with Crippen molar-refractivity contribution in [1.29, 1.82) is 0 Å². The third-order valence-corrected chi connectivity index (χ3v) is 4.75. The van der Waals surface area contributed by atoms with Crippen molar-refractivity contribution in [3.05, 3.63) is 53.5 Å². The minimum atomic E-state index is 0.333. The van der Waals surface area contributed by atoms with Gasteiger partial charge in [-0.1, -0.05) is 23.5 Å². The van der Waals surface area contributed by atoms with Crippen LogP contribution in [0.5, 0.6) is 17.2 Å². The molecule has 7 nitrogen and oxygen atoms in total. The Morgan fingerprint density at radius 3 is 2.41 bits per heavy atom. The lowest BCUT2D eigenvalue weighted by Gasteiger charge is -2.10. The number of rotatable bonds is 7. The minimum Gasteiger partial charge on any atom is -0.497 e. The van der Waals surface area contributed by atoms with Gasteiger partial charge in [-0.2, -0.15) is 9.61 Å². The number of hydrogen-bond acceptors (Lipinski definition) is 7. The summed E-state index contributed by atoms with van der Waals surface area (Å²) in [6.07, 6.45) is 0. The fraction of sp³-hybridized carbons (Fsp3) is 0.211. The number of methoxy groups -OCH3 is 1. The van der Waals surface area contributed by atoms with Crippen LogP contribution < -0.4 is 14.2 Å². The van der Waals surface area contributed by atoms with Crippen LogP contribution in [0.15, 0.2) is 48.5 Å². The lowest BCUT2D eigenvalue weighted by molar-refractivity contribution is 0.268. The van der Waals surface area contributed by atoms with Crippen molar-refractivity contribution < 1.29 is 14.2 Å². The number of para-hydroxylation sites is 2. The highest BCUT2D eigenvalue weighted by molar-refractivity contribution is 7.16. The van der Waals surface area contributed by atoms with E-state index in [0.717, 1.165) is 27.0 Å². The maximum absolute atomic E-state index is 5.90. The summed E-state index contributed by atoms with van der Waals surface area (Å²) < 4.78 is 18.4. The molecule has 0 aliphatic carbocycles. The van der Waals surface area contributed by atoms with Crippen LogP contribution in [-0.4, -0.2) is 33.5 Å². The van der Waals surface area contributed by atoms with Gasteiger partial charge in [-0.3, -0.25) is 0 Å². The smallest absolute Gasteiger partial charge is 0.235 e. The molecule has 138 valence electrons. The first-order chi connectivity index (χ1) is 13.3. The maximum Gasteiger partial charge on any atom is 0.235 e. The van der Waals surface area contributed by atoms with Crippen LogP contribution in [0.25, 0.3) is 16.3 Å². The fourth-order valence-corrected chi connectivity index (χ4v) is 3.37. The number of nitrogens with zero attached hydrogens (tertiary/aromatic N) is 4. The Morgan fingerprint density at radius 2 is 1.70 bits per heavy atom. The third-order valence-electron chi connectivity index (χ3n) is 3.88. The molecule has 2 aromatic carbocycles. The van der Waals surface area contributed by atoms with Gasteiger partial charge in [0.05, 0.1) is 13.7 Å². The number of aromatic nitrogens is 4. The van der Waals surface area contributed by atoms with Crippen molar-refractivity contribution in [2.75, 3.05) is 13.7 Å². The molecular formula is C19H18N4O3S. The van der Waals surface area contributed by atoms with Gasteiger partial charge in [0.2, 0.25) is 4.96 Å². The molecule has 0 saturated heterocycles. The molecular weight excluding hydrogens is 364 g/mol. The second-order valence-electron chi connectivity index (χ2n) is 5.61. The maximum atomic E-state index is 5.90. The molecule has 0 spiro atoms. The Balaban J connectivity index is 1.55. The quantitative estimate of drug-likeness (QED) is 0.484. The van der Waals surface area contributed by atoms with Crippen molar-refractivity contribution in [3.63, 3.8) is 0 Å². The molecule has 4 aromatic rings. The van der Waals surface area contributed by atoms with Gasteiger partial charge in [-0.25, -0.2) is 0 Å². The van der Waals surface area contributed by atoms with Crippen LogP contribution in [0, 0.1) is 0 Å². The lowest BCUT2D eigenvalue weighted by atomic mass is 10.2. The van der Waals surface area contributed by atoms with E-state index in [9.17, 15) is 0 Å². The third kappa shape index (κ3) is 3.56. The van der Waals surface area contributed by atoms with E-state index in [2.05, 4.69) is 15.3 Å². The molecule has 0 unspecified atom stereocenters. The van der Waals surface area contributed by atoms with Gasteiger partial charge in [0.1, 0.15) is 12.4 Å². The van der Waals surface area contributed by atoms with Crippen molar-refractivity contribution in [3.8, 4) is 28.6 Å². The molecule has 0 N–H and O–H groups in total. The lowest BCUT2D eigenvalue weighted by Crippen LogP contribution is -2.00. The first-order valence-corrected chi connectivity index (χ1v) is 9.30. The van der Waals surface area contributed by atoms with Gasteiger partial charge in [-0.05, 0) is 43.3 Å². The topological polar surface area (TPSA) is 70.8 Å². The van der Waals surface area contributed by atoms with Crippen LogP contribution in [0.3, 0.4) is 0 Å². The van der Waals surface area contributed by atoms with Gasteiger partial charge in [0.15, 0.2) is 22.3 Å². The minimum absolute atomic E-state index is 0.333. The van der Waals surface area contributed by atoms with E-state index >= 15 is 0 Å². The molecule has 4 rings (SSSR count). The second-order valence-corrected chi connectivity index (χ2v) is 6.65. The standard InChI is InChI=1S/C19H18N4O3S/c1-3-25-15-6-4-5-7-16(15)26-12-17-22-23-18(20-21-19(23)27-17)13-8-10-14(24-2)11-9-13/h4-11H,3,12H2,1-2H3. The van der Waals surface area contributed by atoms with Crippen LogP contribution in [0.2, 0.25) is 0 Å². The summed E-state index contributed by atoms with van der Waals surface area (Å²) in [4.78, 5) is 0.720. The van der Waals surface area contributed by atoms with E-state index in [1.807, 2.05) is 55.5 Å². The number of hydrogen-bond donors (Lipinski definition) is 0. The van der Waals surface area contributed by atoms with Crippen molar-refractivity contribution in [1.82, 2.24) is 19.8 Å². The zero-order chi connectivity index (χ0) is 18.6. The van der Waals surface area contributed by atoms with E-state index in [1.54, 1.807) is 11.6 Å². The first kappa shape index (κ1) is 17.3. The molecule has 0 aliphatic rings. The highest BCUT2D eigenvalue weighted by Gasteiger charge is 2.14. The molecule has 0 bridgehead atoms. The zero-order valence-corrected chi connectivity index (χ0v) is 15.8. The predicted molar refractivity (Wildman–Crippen MR) is 103 cm³/mol. The largest absolute Gasteiger partial charge is 0.497 e. The van der Waals surface area contributed by atoms with Gasteiger partial charge >= 0.3 is 0 Å². The van der Waals surface area contributed by atoms with Crippen molar-refractivity contribution >= 4 is 16.3 Å². The Kier molecular flexibility index (Phi) is 4.88. The van der Waals surface area contributed by atoms with Gasteiger partial charge in [0.25, 0.3) is 0 Å². The van der Waals surface area contributed by atoms with E-state index in [1.165, 1.54) is 11.3 Å². The molecule has 2 aromatic heterocycles. The normalized spacial score (nSPS) is 10.9. The molecule has 0 saturated carbocycles. The van der Waals surface area contributed by atoms with Gasteiger partial charge in [0, 0.05) is 5.56 Å². The molecule has 0 aliphatic heterocycles. The average molecular weight is 382 g/mol. The number of ether oxygens (including phenoxy) is 3. The summed E-state index contributed by atoms with van der Waals surface area (Å²) in [5, 5.41) is 13.9. The summed E-state index contributed by atoms with van der Waals surface area (Å²) in [5.74, 6) is 2.90. The Hall–Kier alpha value is -3.13. The van der Waals surface area contributed by atoms with Crippen molar-refractivity contribution in [2.24, 2.45) is 0 Å². The highest BCUT2D eigenvalue weighted by atomic mass is 32.1. The molecule has 0 atom stereocenters. The Morgan fingerprint density at radius 1 is 0.963 bits per heavy atom. The van der Waals surface area contributed by atoms with E-state index in [0.29, 0.717) is 24.8 Å². The molecule has 2 heterocycles. The Labute approximate surface area is 160 Å². The summed E-state index contributed by atoms with van der Waals surface area (Å²) in [6.45, 7) is 2.86. The summed E-state index contributed by atoms with van der Waals surface area (Å²) in [6, 6.07) is 15.2. The van der Waals surface area contributed by atoms with Gasteiger partial charge < -0.3 is 14.2 Å². The van der Waals surface area contributed by atoms with Crippen LogP contribution in [0.1, 0.15) is 11.9 Å². The highest BCUT2D eigenvalue weighted by Crippen LogP contribution is 2.28. The van der Waals surface area contributed by atoms with E-state index in [-0.39, 0.29) is 0 Å². The van der Waals surface area contributed by atoms with Crippen LogP contribution >= 0.6 is 11.3 Å². The number of fused-ring (bicyclic) bond motifs is 1. The predicted octanol–water partition coefficient (Wildman–Crippen LogP) is 3.84. The molecule has 0 radical (unpaired) electrons. The van der Waals surface area contributed by atoms with Gasteiger partial charge in [-0.15, -0.1) is 10.2 Å². The van der Waals surface area contributed by atoms with E-state index < -0.39 is 0 Å². The average Bonchev–Trinajstić information content (AvgIpc) is 3.28. The molecule has 0 amide bonds. The summed E-state index contributed by atoms with van der Waals surface area (Å²) >= 11 is 1.45. The monoisotopic (exact) mass is 382 g/mol. The van der Waals surface area contributed by atoms with Crippen LogP contribution in [-0.2, 0) is 6.61 Å². The Bertz CT molecular complexity index is 1040. The van der Waals surface area contributed by atoms with Crippen molar-refractivity contribution in [2.45, 2.75) is 13.5 Å². The summed E-state index contributed by atoms with van der Waals surface area (Å²) in [5.41, 5.74) is 0.919. The fourth-order valence-electron chi connectivity index (χ4n) is 2.62. The second kappa shape index (κ2) is 7.63. The SMILES string of the molecule is CCOc1ccccc1OCc1nn2c(-c3ccc(OC)cc3)nnc2s1. The molecule has 0 fully saturated rings.